The number of alkyl halides is 6. The molecule has 1 aromatic heterocycles. The minimum atomic E-state index is -5.04. The number of nitrogens with zero attached hydrogens (tertiary/aromatic N) is 3. The topological polar surface area (TPSA) is 58.1 Å². The second-order valence-corrected chi connectivity index (χ2v) is 7.80. The number of carbonyl (C=O) groups excluding carboxylic acids is 1. The average molecular weight is 480 g/mol. The number of nitrogens with one attached hydrogen (secondary N) is 1. The van der Waals surface area contributed by atoms with Crippen LogP contribution in [0.4, 0.5) is 37.8 Å². The van der Waals surface area contributed by atoms with Gasteiger partial charge in [0.2, 0.25) is 0 Å². The first kappa shape index (κ1) is 23.5. The minimum absolute atomic E-state index is 0.0262. The van der Waals surface area contributed by atoms with Crippen LogP contribution in [0.15, 0.2) is 54.6 Å². The lowest BCUT2D eigenvalue weighted by Crippen LogP contribution is -2.19. The van der Waals surface area contributed by atoms with E-state index >= 15 is 0 Å². The molecule has 0 bridgehead atoms. The molecule has 0 unspecified atom stereocenters. The van der Waals surface area contributed by atoms with Gasteiger partial charge in [-0.3, -0.25) is 4.79 Å². The van der Waals surface area contributed by atoms with Crippen molar-refractivity contribution in [1.82, 2.24) is 10.2 Å². The van der Waals surface area contributed by atoms with E-state index in [0.717, 1.165) is 31.7 Å². The van der Waals surface area contributed by atoms with Crippen molar-refractivity contribution in [2.24, 2.45) is 0 Å². The number of hydrogen-bond donors (Lipinski definition) is 1. The van der Waals surface area contributed by atoms with Crippen LogP contribution in [0.2, 0.25) is 0 Å². The van der Waals surface area contributed by atoms with Crippen LogP contribution in [0.1, 0.15) is 34.3 Å². The van der Waals surface area contributed by atoms with E-state index in [1.54, 1.807) is 18.2 Å². The van der Waals surface area contributed by atoms with Crippen LogP contribution in [-0.4, -0.2) is 29.2 Å². The Bertz CT molecular complexity index is 1140. The summed E-state index contributed by atoms with van der Waals surface area (Å²) >= 11 is 0. The molecule has 2 aromatic carbocycles. The van der Waals surface area contributed by atoms with Crippen LogP contribution < -0.4 is 10.2 Å². The first-order valence-corrected chi connectivity index (χ1v) is 10.3. The number of halogens is 6. The molecule has 1 saturated heterocycles. The average Bonchev–Trinajstić information content (AvgIpc) is 3.33. The summed E-state index contributed by atoms with van der Waals surface area (Å²) in [6.45, 7) is 1.86. The molecule has 4 rings (SSSR count). The number of anilines is 2. The van der Waals surface area contributed by atoms with Gasteiger partial charge in [0.15, 0.2) is 5.82 Å². The van der Waals surface area contributed by atoms with Gasteiger partial charge in [0.25, 0.3) is 5.91 Å². The second-order valence-electron chi connectivity index (χ2n) is 7.80. The van der Waals surface area contributed by atoms with E-state index in [4.69, 9.17) is 0 Å². The van der Waals surface area contributed by atoms with Crippen molar-refractivity contribution in [2.45, 2.75) is 25.2 Å². The highest BCUT2D eigenvalue weighted by molar-refractivity contribution is 6.04. The van der Waals surface area contributed by atoms with Gasteiger partial charge in [-0.15, -0.1) is 10.2 Å². The largest absolute Gasteiger partial charge is 0.416 e. The zero-order valence-corrected chi connectivity index (χ0v) is 17.5. The van der Waals surface area contributed by atoms with E-state index in [9.17, 15) is 31.1 Å². The standard InChI is InChI=1S/C23H18F6N4O/c24-22(25,26)16-11-15(12-17(13-16)23(27,28)29)21(34)30-18-5-3-14(4-6-18)19-7-8-20(32-31-19)33-9-1-2-10-33/h3-8,11-13H,1-2,9-10H2,(H,30,34). The molecule has 5 nitrogen and oxygen atoms in total. The van der Waals surface area contributed by atoms with E-state index in [1.807, 2.05) is 6.07 Å². The summed E-state index contributed by atoms with van der Waals surface area (Å²) in [7, 11) is 0. The fourth-order valence-electron chi connectivity index (χ4n) is 3.61. The van der Waals surface area contributed by atoms with Gasteiger partial charge in [-0.05, 0) is 55.3 Å². The Labute approximate surface area is 190 Å². The van der Waals surface area contributed by atoms with Crippen molar-refractivity contribution in [2.75, 3.05) is 23.3 Å². The fraction of sp³-hybridized carbons (Fsp3) is 0.261. The smallest absolute Gasteiger partial charge is 0.355 e. The Balaban J connectivity index is 1.51. The number of amides is 1. The van der Waals surface area contributed by atoms with Crippen molar-refractivity contribution in [3.63, 3.8) is 0 Å². The summed E-state index contributed by atoms with van der Waals surface area (Å²) in [6, 6.07) is 10.6. The van der Waals surface area contributed by atoms with Crippen molar-refractivity contribution in [3.8, 4) is 11.3 Å². The van der Waals surface area contributed by atoms with Crippen molar-refractivity contribution < 1.29 is 31.1 Å². The van der Waals surface area contributed by atoms with Crippen LogP contribution in [0, 0.1) is 0 Å². The Morgan fingerprint density at radius 3 is 1.88 bits per heavy atom. The van der Waals surface area contributed by atoms with E-state index in [-0.39, 0.29) is 11.8 Å². The van der Waals surface area contributed by atoms with Crippen LogP contribution in [-0.2, 0) is 12.4 Å². The minimum Gasteiger partial charge on any atom is -0.355 e. The molecule has 34 heavy (non-hydrogen) atoms. The Morgan fingerprint density at radius 1 is 0.794 bits per heavy atom. The molecule has 3 aromatic rings. The molecular formula is C23H18F6N4O. The lowest BCUT2D eigenvalue weighted by atomic mass is 10.0. The summed E-state index contributed by atoms with van der Waals surface area (Å²) in [5.74, 6) is -0.316. The maximum Gasteiger partial charge on any atom is 0.416 e. The highest BCUT2D eigenvalue weighted by atomic mass is 19.4. The lowest BCUT2D eigenvalue weighted by molar-refractivity contribution is -0.143. The molecule has 0 saturated carbocycles. The van der Waals surface area contributed by atoms with E-state index in [1.165, 1.54) is 12.1 Å². The van der Waals surface area contributed by atoms with Gasteiger partial charge >= 0.3 is 12.4 Å². The number of carbonyl (C=O) groups is 1. The van der Waals surface area contributed by atoms with Crippen molar-refractivity contribution >= 4 is 17.4 Å². The second kappa shape index (κ2) is 8.96. The summed E-state index contributed by atoms with van der Waals surface area (Å²) in [4.78, 5) is 14.6. The molecule has 11 heteroatoms. The molecule has 1 fully saturated rings. The Morgan fingerprint density at radius 2 is 1.38 bits per heavy atom. The molecular weight excluding hydrogens is 462 g/mol. The molecule has 2 heterocycles. The first-order chi connectivity index (χ1) is 16.0. The molecule has 178 valence electrons. The van der Waals surface area contributed by atoms with Crippen LogP contribution in [0.3, 0.4) is 0 Å². The van der Waals surface area contributed by atoms with Gasteiger partial charge in [0.1, 0.15) is 0 Å². The van der Waals surface area contributed by atoms with Gasteiger partial charge in [-0.25, -0.2) is 0 Å². The van der Waals surface area contributed by atoms with E-state index in [2.05, 4.69) is 20.4 Å². The molecule has 0 aliphatic carbocycles. The third-order valence-electron chi connectivity index (χ3n) is 5.37. The maximum absolute atomic E-state index is 13.0. The highest BCUT2D eigenvalue weighted by Crippen LogP contribution is 2.36. The molecule has 0 spiro atoms. The Hall–Kier alpha value is -3.63. The van der Waals surface area contributed by atoms with E-state index in [0.29, 0.717) is 23.4 Å². The van der Waals surface area contributed by atoms with Crippen molar-refractivity contribution in [3.05, 3.63) is 71.3 Å². The normalized spacial score (nSPS) is 14.4. The lowest BCUT2D eigenvalue weighted by Gasteiger charge is -2.15. The van der Waals surface area contributed by atoms with Gasteiger partial charge < -0.3 is 10.2 Å². The molecule has 1 amide bonds. The number of rotatable bonds is 4. The van der Waals surface area contributed by atoms with Crippen LogP contribution >= 0.6 is 0 Å². The summed E-state index contributed by atoms with van der Waals surface area (Å²) < 4.78 is 78.2. The Kier molecular flexibility index (Phi) is 6.20. The zero-order valence-electron chi connectivity index (χ0n) is 17.5. The highest BCUT2D eigenvalue weighted by Gasteiger charge is 2.37. The molecule has 1 aliphatic rings. The van der Waals surface area contributed by atoms with Crippen LogP contribution in [0.5, 0.6) is 0 Å². The monoisotopic (exact) mass is 480 g/mol. The molecule has 0 radical (unpaired) electrons. The summed E-state index contributed by atoms with van der Waals surface area (Å²) in [6.07, 6.45) is -7.87. The molecule has 1 N–H and O–H groups in total. The number of benzene rings is 2. The predicted molar refractivity (Wildman–Crippen MR) is 113 cm³/mol. The number of aromatic nitrogens is 2. The van der Waals surface area contributed by atoms with Gasteiger partial charge in [-0.1, -0.05) is 12.1 Å². The van der Waals surface area contributed by atoms with Gasteiger partial charge in [-0.2, -0.15) is 26.3 Å². The zero-order chi connectivity index (χ0) is 24.5. The van der Waals surface area contributed by atoms with E-state index < -0.39 is 35.0 Å². The van der Waals surface area contributed by atoms with Gasteiger partial charge in [0.05, 0.1) is 16.8 Å². The third kappa shape index (κ3) is 5.29. The van der Waals surface area contributed by atoms with Crippen LogP contribution in [0.25, 0.3) is 11.3 Å². The molecule has 0 atom stereocenters. The quantitative estimate of drug-likeness (QED) is 0.463. The third-order valence-corrected chi connectivity index (χ3v) is 5.37. The summed E-state index contributed by atoms with van der Waals surface area (Å²) in [5.41, 5.74) is -2.42. The predicted octanol–water partition coefficient (Wildman–Crippen LogP) is 6.03. The van der Waals surface area contributed by atoms with Gasteiger partial charge in [0, 0.05) is 29.9 Å². The maximum atomic E-state index is 13.0. The number of hydrogen-bond acceptors (Lipinski definition) is 4. The molecule has 1 aliphatic heterocycles. The first-order valence-electron chi connectivity index (χ1n) is 10.3. The van der Waals surface area contributed by atoms with Crippen molar-refractivity contribution in [1.29, 1.82) is 0 Å². The fourth-order valence-corrected chi connectivity index (χ4v) is 3.61. The summed E-state index contributed by atoms with van der Waals surface area (Å²) in [5, 5.41) is 10.8. The SMILES string of the molecule is O=C(Nc1ccc(-c2ccc(N3CCCC3)nn2)cc1)c1cc(C(F)(F)F)cc(C(F)(F)F)c1.